The van der Waals surface area contributed by atoms with Gasteiger partial charge in [0.25, 0.3) is 5.56 Å². The van der Waals surface area contributed by atoms with Crippen LogP contribution in [0.2, 0.25) is 0 Å². The number of nitrogens with zero attached hydrogens (tertiary/aromatic N) is 1. The maximum atomic E-state index is 12.6. The van der Waals surface area contributed by atoms with Crippen LogP contribution in [0.4, 0.5) is 0 Å². The van der Waals surface area contributed by atoms with E-state index in [9.17, 15) is 19.5 Å². The van der Waals surface area contributed by atoms with Crippen molar-refractivity contribution in [3.63, 3.8) is 0 Å². The zero-order chi connectivity index (χ0) is 22.3. The minimum Gasteiger partial charge on any atom is -0.494 e. The normalized spacial score (nSPS) is 14.8. The van der Waals surface area contributed by atoms with E-state index in [2.05, 4.69) is 4.98 Å². The molecule has 160 valence electrons. The maximum Gasteiger partial charge on any atom is 0.343 e. The molecular weight excluding hydrogens is 404 g/mol. The second-order valence-electron chi connectivity index (χ2n) is 6.90. The highest BCUT2D eigenvalue weighted by Gasteiger charge is 2.40. The van der Waals surface area contributed by atoms with Gasteiger partial charge in [0.15, 0.2) is 17.6 Å². The number of carbonyl (C=O) groups is 1. The van der Waals surface area contributed by atoms with Gasteiger partial charge in [0.05, 0.1) is 19.9 Å². The molecule has 2 N–H and O–H groups in total. The number of aryl methyl sites for hydroxylation is 1. The summed E-state index contributed by atoms with van der Waals surface area (Å²) in [7, 11) is 2.81. The lowest BCUT2D eigenvalue weighted by molar-refractivity contribution is 0.0447. The molecule has 4 rings (SSSR count). The van der Waals surface area contributed by atoms with E-state index in [1.54, 1.807) is 24.3 Å². The van der Waals surface area contributed by atoms with Crippen LogP contribution in [-0.4, -0.2) is 34.8 Å². The van der Waals surface area contributed by atoms with Crippen LogP contribution < -0.4 is 20.7 Å². The Bertz CT molecular complexity index is 1290. The first-order valence-corrected chi connectivity index (χ1v) is 9.54. The molecule has 1 aliphatic rings. The number of fused-ring (bicyclic) bond motifs is 1. The Morgan fingerprint density at radius 3 is 2.39 bits per heavy atom. The van der Waals surface area contributed by atoms with E-state index in [1.165, 1.54) is 14.2 Å². The first-order valence-electron chi connectivity index (χ1n) is 9.54. The Kier molecular flexibility index (Phi) is 5.02. The summed E-state index contributed by atoms with van der Waals surface area (Å²) >= 11 is 0. The van der Waals surface area contributed by atoms with Crippen molar-refractivity contribution in [2.24, 2.45) is 0 Å². The van der Waals surface area contributed by atoms with Gasteiger partial charge >= 0.3 is 11.7 Å². The number of nitrogens with one attached hydrogen (secondary N) is 1. The molecule has 0 radical (unpaired) electrons. The third-order valence-electron chi connectivity index (χ3n) is 5.28. The molecule has 0 aliphatic carbocycles. The van der Waals surface area contributed by atoms with Crippen LogP contribution >= 0.6 is 0 Å². The van der Waals surface area contributed by atoms with Gasteiger partial charge in [0, 0.05) is 5.56 Å². The Hall–Kier alpha value is -4.01. The highest BCUT2D eigenvalue weighted by molar-refractivity contribution is 5.98. The molecule has 0 amide bonds. The lowest BCUT2D eigenvalue weighted by atomic mass is 9.99. The van der Waals surface area contributed by atoms with Crippen LogP contribution in [0.1, 0.15) is 40.1 Å². The second kappa shape index (κ2) is 7.67. The molecule has 0 saturated carbocycles. The standard InChI is InChI=1S/C22H20N2O7/c1-4-11-5-7-12(8-6-11)24-20(26)16(19(25)23-22(24)28)17-13-9-10-14(29-2)18(30-3)15(13)21(27)31-17/h5-10,17,26H,4H2,1-3H3,(H,23,25,28)/t17-/m1/s1. The Labute approximate surface area is 176 Å². The van der Waals surface area contributed by atoms with Gasteiger partial charge in [-0.3, -0.25) is 9.78 Å². The number of hydrogen-bond donors (Lipinski definition) is 2. The van der Waals surface area contributed by atoms with Crippen LogP contribution in [-0.2, 0) is 11.2 Å². The predicted molar refractivity (Wildman–Crippen MR) is 111 cm³/mol. The molecule has 1 aromatic heterocycles. The van der Waals surface area contributed by atoms with Crippen molar-refractivity contribution in [1.29, 1.82) is 0 Å². The summed E-state index contributed by atoms with van der Waals surface area (Å²) in [6.45, 7) is 1.99. The molecule has 2 heterocycles. The van der Waals surface area contributed by atoms with E-state index in [-0.39, 0.29) is 16.9 Å². The third-order valence-corrected chi connectivity index (χ3v) is 5.28. The number of aromatic hydroxyl groups is 1. The molecule has 9 heteroatoms. The lowest BCUT2D eigenvalue weighted by Crippen LogP contribution is -2.32. The number of rotatable bonds is 5. The highest BCUT2D eigenvalue weighted by atomic mass is 16.6. The van der Waals surface area contributed by atoms with E-state index >= 15 is 0 Å². The SMILES string of the molecule is CCc1ccc(-n2c(O)c([C@@H]3OC(=O)c4c3ccc(OC)c4OC)c(=O)[nH]c2=O)cc1. The Balaban J connectivity index is 1.92. The topological polar surface area (TPSA) is 120 Å². The number of hydrogen-bond acceptors (Lipinski definition) is 7. The average Bonchev–Trinajstić information content (AvgIpc) is 3.09. The molecular formula is C22H20N2O7. The number of esters is 1. The Morgan fingerprint density at radius 1 is 1.06 bits per heavy atom. The van der Waals surface area contributed by atoms with Gasteiger partial charge < -0.3 is 19.3 Å². The summed E-state index contributed by atoms with van der Waals surface area (Å²) in [6, 6.07) is 10.1. The maximum absolute atomic E-state index is 12.6. The van der Waals surface area contributed by atoms with Gasteiger partial charge in [-0.25, -0.2) is 14.2 Å². The summed E-state index contributed by atoms with van der Waals surface area (Å²) in [5, 5.41) is 10.9. The zero-order valence-corrected chi connectivity index (χ0v) is 17.1. The number of benzene rings is 2. The average molecular weight is 424 g/mol. The number of H-pyrrole nitrogens is 1. The van der Waals surface area contributed by atoms with E-state index in [0.717, 1.165) is 16.6 Å². The van der Waals surface area contributed by atoms with E-state index in [1.807, 2.05) is 19.1 Å². The zero-order valence-electron chi connectivity index (χ0n) is 17.1. The summed E-state index contributed by atoms with van der Waals surface area (Å²) in [6.07, 6.45) is -0.425. The molecule has 0 bridgehead atoms. The van der Waals surface area contributed by atoms with Crippen molar-refractivity contribution in [2.45, 2.75) is 19.4 Å². The predicted octanol–water partition coefficient (Wildman–Crippen LogP) is 2.07. The first kappa shape index (κ1) is 20.3. The molecule has 0 saturated heterocycles. The van der Waals surface area contributed by atoms with Crippen molar-refractivity contribution in [2.75, 3.05) is 14.2 Å². The van der Waals surface area contributed by atoms with Gasteiger partial charge in [0.1, 0.15) is 11.1 Å². The van der Waals surface area contributed by atoms with Crippen molar-refractivity contribution in [3.8, 4) is 23.1 Å². The number of aromatic amines is 1. The largest absolute Gasteiger partial charge is 0.494 e. The van der Waals surface area contributed by atoms with Crippen molar-refractivity contribution >= 4 is 5.97 Å². The molecule has 1 atom stereocenters. The lowest BCUT2D eigenvalue weighted by Gasteiger charge is -2.16. The van der Waals surface area contributed by atoms with E-state index in [4.69, 9.17) is 14.2 Å². The fourth-order valence-electron chi connectivity index (χ4n) is 3.71. The summed E-state index contributed by atoms with van der Waals surface area (Å²) < 4.78 is 16.9. The van der Waals surface area contributed by atoms with Crippen LogP contribution in [0.15, 0.2) is 46.0 Å². The highest BCUT2D eigenvalue weighted by Crippen LogP contribution is 2.45. The molecule has 0 spiro atoms. The third kappa shape index (κ3) is 3.14. The van der Waals surface area contributed by atoms with Crippen LogP contribution in [0.5, 0.6) is 17.4 Å². The smallest absolute Gasteiger partial charge is 0.343 e. The monoisotopic (exact) mass is 424 g/mol. The number of aromatic nitrogens is 2. The first-order chi connectivity index (χ1) is 14.9. The van der Waals surface area contributed by atoms with Gasteiger partial charge in [-0.1, -0.05) is 25.1 Å². The summed E-state index contributed by atoms with van der Waals surface area (Å²) in [5.41, 5.74) is -0.129. The van der Waals surface area contributed by atoms with Gasteiger partial charge in [-0.05, 0) is 30.2 Å². The van der Waals surface area contributed by atoms with Gasteiger partial charge in [-0.15, -0.1) is 0 Å². The fourth-order valence-corrected chi connectivity index (χ4v) is 3.71. The number of carbonyl (C=O) groups excluding carboxylic acids is 1. The van der Waals surface area contributed by atoms with E-state index in [0.29, 0.717) is 17.0 Å². The Morgan fingerprint density at radius 2 is 1.77 bits per heavy atom. The fraction of sp³-hybridized carbons (Fsp3) is 0.227. The van der Waals surface area contributed by atoms with Gasteiger partial charge in [-0.2, -0.15) is 0 Å². The second-order valence-corrected chi connectivity index (χ2v) is 6.90. The molecule has 1 aliphatic heterocycles. The molecule has 9 nitrogen and oxygen atoms in total. The van der Waals surface area contributed by atoms with E-state index < -0.39 is 29.2 Å². The molecule has 3 aromatic rings. The van der Waals surface area contributed by atoms with Crippen LogP contribution in [0.25, 0.3) is 5.69 Å². The van der Waals surface area contributed by atoms with Crippen molar-refractivity contribution in [3.05, 3.63) is 79.5 Å². The van der Waals surface area contributed by atoms with Crippen LogP contribution in [0.3, 0.4) is 0 Å². The quantitative estimate of drug-likeness (QED) is 0.602. The number of methoxy groups -OCH3 is 2. The summed E-state index contributed by atoms with van der Waals surface area (Å²) in [4.78, 5) is 39.9. The minimum atomic E-state index is -1.23. The molecule has 0 fully saturated rings. The van der Waals surface area contributed by atoms with Crippen molar-refractivity contribution < 1.29 is 24.1 Å². The molecule has 0 unspecified atom stereocenters. The van der Waals surface area contributed by atoms with Crippen LogP contribution in [0, 0.1) is 0 Å². The number of ether oxygens (including phenoxy) is 3. The molecule has 2 aromatic carbocycles. The molecule has 31 heavy (non-hydrogen) atoms. The summed E-state index contributed by atoms with van der Waals surface area (Å²) in [5.74, 6) is -0.872. The number of cyclic esters (lactones) is 1. The van der Waals surface area contributed by atoms with Crippen molar-refractivity contribution in [1.82, 2.24) is 9.55 Å². The van der Waals surface area contributed by atoms with Gasteiger partial charge in [0.2, 0.25) is 5.88 Å². The minimum absolute atomic E-state index is 0.0932.